The van der Waals surface area contributed by atoms with Gasteiger partial charge in [-0.2, -0.15) is 5.10 Å². The van der Waals surface area contributed by atoms with Crippen LogP contribution in [0.25, 0.3) is 16.7 Å². The van der Waals surface area contributed by atoms with Crippen LogP contribution in [0.5, 0.6) is 0 Å². The van der Waals surface area contributed by atoms with E-state index in [2.05, 4.69) is 20.4 Å². The Kier molecular flexibility index (Phi) is 5.47. The van der Waals surface area contributed by atoms with Gasteiger partial charge in [-0.05, 0) is 31.4 Å². The SMILES string of the molecule is Cc1ccccc1-n1ncc2c(=O)[nH]c(SCC(=O)NC3CCCCC3)nc21. The number of carbonyl (C=O) groups excluding carboxylic acids is 1. The molecule has 0 saturated heterocycles. The molecule has 0 spiro atoms. The zero-order valence-corrected chi connectivity index (χ0v) is 16.6. The van der Waals surface area contributed by atoms with Crippen LogP contribution in [0.2, 0.25) is 0 Å². The van der Waals surface area contributed by atoms with Crippen LogP contribution in [-0.2, 0) is 4.79 Å². The number of fused-ring (bicyclic) bond motifs is 1. The van der Waals surface area contributed by atoms with Crippen molar-refractivity contribution in [2.45, 2.75) is 50.2 Å². The summed E-state index contributed by atoms with van der Waals surface area (Å²) >= 11 is 1.24. The molecule has 28 heavy (non-hydrogen) atoms. The van der Waals surface area contributed by atoms with Gasteiger partial charge >= 0.3 is 0 Å². The minimum absolute atomic E-state index is 0.0212. The molecule has 1 amide bonds. The van der Waals surface area contributed by atoms with Gasteiger partial charge in [0.05, 0.1) is 17.6 Å². The van der Waals surface area contributed by atoms with Gasteiger partial charge in [0.25, 0.3) is 5.56 Å². The van der Waals surface area contributed by atoms with E-state index in [1.807, 2.05) is 31.2 Å². The van der Waals surface area contributed by atoms with E-state index in [1.54, 1.807) is 4.68 Å². The molecule has 1 aromatic carbocycles. The zero-order chi connectivity index (χ0) is 19.5. The first-order chi connectivity index (χ1) is 13.6. The van der Waals surface area contributed by atoms with Crippen molar-refractivity contribution in [3.05, 3.63) is 46.4 Å². The highest BCUT2D eigenvalue weighted by atomic mass is 32.2. The lowest BCUT2D eigenvalue weighted by molar-refractivity contribution is -0.119. The summed E-state index contributed by atoms with van der Waals surface area (Å²) in [6.45, 7) is 1.99. The number of benzene rings is 1. The number of aromatic nitrogens is 4. The van der Waals surface area contributed by atoms with Crippen molar-refractivity contribution in [3.8, 4) is 5.69 Å². The maximum Gasteiger partial charge on any atom is 0.262 e. The fourth-order valence-corrected chi connectivity index (χ4v) is 4.26. The van der Waals surface area contributed by atoms with Crippen LogP contribution in [0.3, 0.4) is 0 Å². The summed E-state index contributed by atoms with van der Waals surface area (Å²) < 4.78 is 1.67. The van der Waals surface area contributed by atoms with E-state index in [0.717, 1.165) is 24.1 Å². The van der Waals surface area contributed by atoms with Gasteiger partial charge in [-0.15, -0.1) is 0 Å². The fourth-order valence-electron chi connectivity index (χ4n) is 3.59. The molecule has 2 heterocycles. The highest BCUT2D eigenvalue weighted by molar-refractivity contribution is 7.99. The van der Waals surface area contributed by atoms with E-state index in [-0.39, 0.29) is 23.3 Å². The molecule has 2 aromatic heterocycles. The molecule has 1 saturated carbocycles. The highest BCUT2D eigenvalue weighted by Gasteiger charge is 2.17. The normalized spacial score (nSPS) is 15.0. The Morgan fingerprint density at radius 3 is 2.86 bits per heavy atom. The van der Waals surface area contributed by atoms with Crippen LogP contribution in [0.15, 0.2) is 40.4 Å². The molecule has 0 radical (unpaired) electrons. The Bertz CT molecular complexity index is 1050. The molecule has 1 fully saturated rings. The first-order valence-electron chi connectivity index (χ1n) is 9.58. The van der Waals surface area contributed by atoms with Crippen LogP contribution in [0.1, 0.15) is 37.7 Å². The molecule has 0 bridgehead atoms. The van der Waals surface area contributed by atoms with Crippen molar-refractivity contribution >= 4 is 28.7 Å². The van der Waals surface area contributed by atoms with Gasteiger partial charge in [0.2, 0.25) is 5.91 Å². The van der Waals surface area contributed by atoms with E-state index in [9.17, 15) is 9.59 Å². The van der Waals surface area contributed by atoms with E-state index in [1.165, 1.54) is 37.2 Å². The predicted molar refractivity (Wildman–Crippen MR) is 110 cm³/mol. The number of nitrogens with one attached hydrogen (secondary N) is 2. The van der Waals surface area contributed by atoms with Crippen molar-refractivity contribution in [3.63, 3.8) is 0 Å². The predicted octanol–water partition coefficient (Wildman–Crippen LogP) is 2.96. The third-order valence-electron chi connectivity index (χ3n) is 5.07. The number of H-pyrrole nitrogens is 1. The summed E-state index contributed by atoms with van der Waals surface area (Å²) in [5.74, 6) is 0.204. The largest absolute Gasteiger partial charge is 0.353 e. The monoisotopic (exact) mass is 397 g/mol. The van der Waals surface area contributed by atoms with Gasteiger partial charge in [0, 0.05) is 6.04 Å². The number of nitrogens with zero attached hydrogens (tertiary/aromatic N) is 3. The lowest BCUT2D eigenvalue weighted by atomic mass is 9.95. The van der Waals surface area contributed by atoms with Crippen molar-refractivity contribution in [2.24, 2.45) is 0 Å². The molecular formula is C20H23N5O2S. The van der Waals surface area contributed by atoms with Gasteiger partial charge in [-0.1, -0.05) is 49.2 Å². The first kappa shape index (κ1) is 18.7. The number of thioether (sulfide) groups is 1. The smallest absolute Gasteiger partial charge is 0.262 e. The number of aromatic amines is 1. The quantitative estimate of drug-likeness (QED) is 0.510. The number of hydrogen-bond acceptors (Lipinski definition) is 5. The Balaban J connectivity index is 1.53. The average molecular weight is 398 g/mol. The molecule has 4 rings (SSSR count). The molecule has 1 aliphatic carbocycles. The Hall–Kier alpha value is -2.61. The summed E-state index contributed by atoms with van der Waals surface area (Å²) in [4.78, 5) is 32.0. The Morgan fingerprint density at radius 2 is 2.07 bits per heavy atom. The molecule has 0 atom stereocenters. The minimum atomic E-state index is -0.250. The number of aryl methyl sites for hydroxylation is 1. The number of amides is 1. The van der Waals surface area contributed by atoms with Crippen LogP contribution in [-0.4, -0.2) is 37.5 Å². The van der Waals surface area contributed by atoms with Gasteiger partial charge in [0.15, 0.2) is 10.8 Å². The summed E-state index contributed by atoms with van der Waals surface area (Å²) in [5.41, 5.74) is 2.16. The lowest BCUT2D eigenvalue weighted by Gasteiger charge is -2.22. The maximum atomic E-state index is 12.4. The maximum absolute atomic E-state index is 12.4. The zero-order valence-electron chi connectivity index (χ0n) is 15.8. The average Bonchev–Trinajstić information content (AvgIpc) is 3.12. The molecule has 0 unspecified atom stereocenters. The van der Waals surface area contributed by atoms with Crippen LogP contribution >= 0.6 is 11.8 Å². The molecule has 2 N–H and O–H groups in total. The van der Waals surface area contributed by atoms with E-state index in [4.69, 9.17) is 0 Å². The standard InChI is InChI=1S/C20H23N5O2S/c1-13-7-5-6-10-16(13)25-18-15(11-21-25)19(27)24-20(23-18)28-12-17(26)22-14-8-3-2-4-9-14/h5-7,10-11,14H,2-4,8-9,12H2,1H3,(H,22,26)(H,23,24,27). The van der Waals surface area contributed by atoms with Crippen molar-refractivity contribution in [1.29, 1.82) is 0 Å². The third-order valence-corrected chi connectivity index (χ3v) is 5.94. The second-order valence-electron chi connectivity index (χ2n) is 7.14. The number of hydrogen-bond donors (Lipinski definition) is 2. The number of rotatable bonds is 5. The minimum Gasteiger partial charge on any atom is -0.353 e. The topological polar surface area (TPSA) is 92.7 Å². The van der Waals surface area contributed by atoms with Crippen molar-refractivity contribution in [1.82, 2.24) is 25.1 Å². The summed E-state index contributed by atoms with van der Waals surface area (Å²) in [6.07, 6.45) is 7.22. The molecule has 8 heteroatoms. The number of carbonyl (C=O) groups is 1. The lowest BCUT2D eigenvalue weighted by Crippen LogP contribution is -2.37. The van der Waals surface area contributed by atoms with Crippen LogP contribution in [0.4, 0.5) is 0 Å². The van der Waals surface area contributed by atoms with Gasteiger partial charge in [-0.3, -0.25) is 9.59 Å². The molecule has 146 valence electrons. The third kappa shape index (κ3) is 3.96. The first-order valence-corrected chi connectivity index (χ1v) is 10.6. The summed E-state index contributed by atoms with van der Waals surface area (Å²) in [5, 5.41) is 8.28. The van der Waals surface area contributed by atoms with Crippen molar-refractivity contribution in [2.75, 3.05) is 5.75 Å². The van der Waals surface area contributed by atoms with E-state index in [0.29, 0.717) is 16.2 Å². The highest BCUT2D eigenvalue weighted by Crippen LogP contribution is 2.20. The number of para-hydroxylation sites is 1. The molecule has 3 aromatic rings. The second-order valence-corrected chi connectivity index (χ2v) is 8.11. The van der Waals surface area contributed by atoms with Crippen molar-refractivity contribution < 1.29 is 4.79 Å². The Labute approximate surface area is 166 Å². The van der Waals surface area contributed by atoms with Gasteiger partial charge < -0.3 is 10.3 Å². The van der Waals surface area contributed by atoms with Gasteiger partial charge in [0.1, 0.15) is 5.39 Å². The molecule has 7 nitrogen and oxygen atoms in total. The molecular weight excluding hydrogens is 374 g/mol. The van der Waals surface area contributed by atoms with Crippen LogP contribution < -0.4 is 10.9 Å². The summed E-state index contributed by atoms with van der Waals surface area (Å²) in [6, 6.07) is 8.08. The summed E-state index contributed by atoms with van der Waals surface area (Å²) in [7, 11) is 0. The van der Waals surface area contributed by atoms with E-state index < -0.39 is 0 Å². The van der Waals surface area contributed by atoms with E-state index >= 15 is 0 Å². The Morgan fingerprint density at radius 1 is 1.29 bits per heavy atom. The molecule has 0 aliphatic heterocycles. The fraction of sp³-hybridized carbons (Fsp3) is 0.400. The van der Waals surface area contributed by atoms with Gasteiger partial charge in [-0.25, -0.2) is 9.67 Å². The van der Waals surface area contributed by atoms with Crippen LogP contribution in [0, 0.1) is 6.92 Å². The molecule has 1 aliphatic rings. The second kappa shape index (κ2) is 8.18.